The Morgan fingerprint density at radius 1 is 0.794 bits per heavy atom. The van der Waals surface area contributed by atoms with Crippen LogP contribution in [0.15, 0.2) is 48.5 Å². The number of amides is 2. The number of nitrogens with one attached hydrogen (secondary N) is 1. The van der Waals surface area contributed by atoms with Crippen molar-refractivity contribution in [2.75, 3.05) is 49.1 Å². The molecule has 6 nitrogen and oxygen atoms in total. The van der Waals surface area contributed by atoms with Crippen molar-refractivity contribution in [1.29, 1.82) is 0 Å². The second kappa shape index (κ2) is 10.3. The van der Waals surface area contributed by atoms with Gasteiger partial charge in [-0.25, -0.2) is 0 Å². The van der Waals surface area contributed by atoms with E-state index < -0.39 is 0 Å². The van der Waals surface area contributed by atoms with Crippen molar-refractivity contribution in [3.8, 4) is 0 Å². The molecule has 1 aliphatic carbocycles. The molecule has 2 aliphatic heterocycles. The summed E-state index contributed by atoms with van der Waals surface area (Å²) >= 11 is 6.02. The van der Waals surface area contributed by atoms with E-state index in [1.165, 1.54) is 6.42 Å². The zero-order valence-corrected chi connectivity index (χ0v) is 20.3. The molecule has 7 heteroatoms. The molecule has 2 saturated heterocycles. The summed E-state index contributed by atoms with van der Waals surface area (Å²) in [5.74, 6) is 0.571. The average Bonchev–Trinajstić information content (AvgIpc) is 2.84. The number of hydrogen-bond donors (Lipinski definition) is 1. The highest BCUT2D eigenvalue weighted by molar-refractivity contribution is 6.30. The number of piperazine rings is 1. The second-order valence-electron chi connectivity index (χ2n) is 9.67. The highest BCUT2D eigenvalue weighted by Gasteiger charge is 2.30. The molecule has 2 heterocycles. The molecule has 2 aromatic carbocycles. The van der Waals surface area contributed by atoms with Gasteiger partial charge in [0.1, 0.15) is 0 Å². The summed E-state index contributed by atoms with van der Waals surface area (Å²) in [6.45, 7) is 4.72. The van der Waals surface area contributed by atoms with Gasteiger partial charge in [0.25, 0.3) is 5.91 Å². The maximum atomic E-state index is 13.5. The van der Waals surface area contributed by atoms with Gasteiger partial charge in [0, 0.05) is 67.6 Å². The minimum absolute atomic E-state index is 0.103. The summed E-state index contributed by atoms with van der Waals surface area (Å²) in [4.78, 5) is 32.4. The van der Waals surface area contributed by atoms with Gasteiger partial charge in [-0.2, -0.15) is 0 Å². The Balaban J connectivity index is 1.18. The normalized spacial score (nSPS) is 19.6. The molecule has 3 fully saturated rings. The zero-order chi connectivity index (χ0) is 23.5. The lowest BCUT2D eigenvalue weighted by molar-refractivity contribution is -0.128. The molecule has 0 aromatic heterocycles. The monoisotopic (exact) mass is 480 g/mol. The molecule has 0 atom stereocenters. The number of benzene rings is 2. The highest BCUT2D eigenvalue weighted by atomic mass is 35.5. The standard InChI is InChI=1S/C27H33ClN4O2/c28-21-8-10-23(11-9-21)30-16-18-32(19-17-30)27(34)24-6-1-2-7-25(24)31-14-12-22(13-15-31)29-26(33)20-4-3-5-20/h1-2,6-11,20,22H,3-5,12-19H2,(H,29,33). The Morgan fingerprint density at radius 2 is 1.47 bits per heavy atom. The van der Waals surface area contributed by atoms with E-state index in [2.05, 4.69) is 21.2 Å². The molecular weight excluding hydrogens is 448 g/mol. The molecule has 3 aliphatic rings. The lowest BCUT2D eigenvalue weighted by atomic mass is 9.84. The molecule has 1 saturated carbocycles. The molecule has 2 aromatic rings. The minimum Gasteiger partial charge on any atom is -0.371 e. The molecule has 5 rings (SSSR count). The van der Waals surface area contributed by atoms with Crippen molar-refractivity contribution in [3.63, 3.8) is 0 Å². The lowest BCUT2D eigenvalue weighted by Crippen LogP contribution is -2.49. The summed E-state index contributed by atoms with van der Waals surface area (Å²) < 4.78 is 0. The Kier molecular flexibility index (Phi) is 6.95. The van der Waals surface area contributed by atoms with Gasteiger partial charge < -0.3 is 20.0 Å². The van der Waals surface area contributed by atoms with Crippen LogP contribution in [-0.2, 0) is 4.79 Å². The van der Waals surface area contributed by atoms with Crippen LogP contribution in [0.3, 0.4) is 0 Å². The first kappa shape index (κ1) is 23.0. The third-order valence-electron chi connectivity index (χ3n) is 7.55. The van der Waals surface area contributed by atoms with Crippen LogP contribution in [0.1, 0.15) is 42.5 Å². The Hall–Kier alpha value is -2.73. The van der Waals surface area contributed by atoms with E-state index in [9.17, 15) is 9.59 Å². The topological polar surface area (TPSA) is 55.9 Å². The average molecular weight is 481 g/mol. The molecule has 34 heavy (non-hydrogen) atoms. The van der Waals surface area contributed by atoms with Gasteiger partial charge in [0.05, 0.1) is 5.56 Å². The van der Waals surface area contributed by atoms with E-state index in [4.69, 9.17) is 11.6 Å². The predicted octanol–water partition coefficient (Wildman–Crippen LogP) is 4.19. The SMILES string of the molecule is O=C(NC1CCN(c2ccccc2C(=O)N2CCN(c3ccc(Cl)cc3)CC2)CC1)C1CCC1. The van der Waals surface area contributed by atoms with Crippen molar-refractivity contribution >= 4 is 34.8 Å². The number of nitrogens with zero attached hydrogens (tertiary/aromatic N) is 3. The fourth-order valence-corrected chi connectivity index (χ4v) is 5.30. The number of hydrogen-bond acceptors (Lipinski definition) is 4. The van der Waals surface area contributed by atoms with Gasteiger partial charge in [0.2, 0.25) is 5.91 Å². The van der Waals surface area contributed by atoms with Gasteiger partial charge in [-0.1, -0.05) is 30.2 Å². The summed E-state index contributed by atoms with van der Waals surface area (Å²) in [6, 6.07) is 16.1. The molecule has 180 valence electrons. The molecule has 0 bridgehead atoms. The Bertz CT molecular complexity index is 1010. The quantitative estimate of drug-likeness (QED) is 0.697. The number of carbonyl (C=O) groups is 2. The minimum atomic E-state index is 0.103. The van der Waals surface area contributed by atoms with Crippen LogP contribution in [-0.4, -0.2) is 62.0 Å². The van der Waals surface area contributed by atoms with Gasteiger partial charge in [-0.15, -0.1) is 0 Å². The summed E-state index contributed by atoms with van der Waals surface area (Å²) in [5, 5.41) is 3.98. The Labute approximate surface area is 206 Å². The second-order valence-corrected chi connectivity index (χ2v) is 10.1. The van der Waals surface area contributed by atoms with Gasteiger partial charge in [-0.3, -0.25) is 9.59 Å². The van der Waals surface area contributed by atoms with E-state index in [0.29, 0.717) is 13.1 Å². The van der Waals surface area contributed by atoms with Gasteiger partial charge >= 0.3 is 0 Å². The molecule has 2 amide bonds. The van der Waals surface area contributed by atoms with E-state index >= 15 is 0 Å². The highest BCUT2D eigenvalue weighted by Crippen LogP contribution is 2.29. The number of para-hydroxylation sites is 1. The van der Waals surface area contributed by atoms with Crippen molar-refractivity contribution in [2.45, 2.75) is 38.1 Å². The van der Waals surface area contributed by atoms with Crippen LogP contribution in [0.25, 0.3) is 0 Å². The molecule has 0 unspecified atom stereocenters. The fourth-order valence-electron chi connectivity index (χ4n) is 5.17. The van der Waals surface area contributed by atoms with E-state index in [0.717, 1.165) is 73.8 Å². The first-order valence-electron chi connectivity index (χ1n) is 12.5. The van der Waals surface area contributed by atoms with E-state index in [1.54, 1.807) is 0 Å². The van der Waals surface area contributed by atoms with Crippen LogP contribution >= 0.6 is 11.6 Å². The lowest BCUT2D eigenvalue weighted by Gasteiger charge is -2.38. The van der Waals surface area contributed by atoms with Crippen molar-refractivity contribution in [2.24, 2.45) is 5.92 Å². The maximum absolute atomic E-state index is 13.5. The Morgan fingerprint density at radius 3 is 2.12 bits per heavy atom. The third-order valence-corrected chi connectivity index (χ3v) is 7.80. The largest absolute Gasteiger partial charge is 0.371 e. The number of piperidine rings is 1. The van der Waals surface area contributed by atoms with Gasteiger partial charge in [0.15, 0.2) is 0 Å². The first-order valence-corrected chi connectivity index (χ1v) is 12.9. The van der Waals surface area contributed by atoms with Crippen molar-refractivity contribution < 1.29 is 9.59 Å². The first-order chi connectivity index (χ1) is 16.6. The van der Waals surface area contributed by atoms with Crippen molar-refractivity contribution in [3.05, 3.63) is 59.1 Å². The van der Waals surface area contributed by atoms with Crippen LogP contribution in [0.5, 0.6) is 0 Å². The summed E-state index contributed by atoms with van der Waals surface area (Å²) in [5.41, 5.74) is 2.93. The molecular formula is C27H33ClN4O2. The zero-order valence-electron chi connectivity index (χ0n) is 19.6. The summed E-state index contributed by atoms with van der Waals surface area (Å²) in [7, 11) is 0. The van der Waals surface area contributed by atoms with Crippen molar-refractivity contribution in [1.82, 2.24) is 10.2 Å². The van der Waals surface area contributed by atoms with Crippen LogP contribution in [0, 0.1) is 5.92 Å². The number of carbonyl (C=O) groups excluding carboxylic acids is 2. The molecule has 1 N–H and O–H groups in total. The van der Waals surface area contributed by atoms with Crippen LogP contribution in [0.4, 0.5) is 11.4 Å². The molecule has 0 radical (unpaired) electrons. The van der Waals surface area contributed by atoms with E-state index in [1.807, 2.05) is 47.4 Å². The van der Waals surface area contributed by atoms with Gasteiger partial charge in [-0.05, 0) is 62.1 Å². The number of anilines is 2. The smallest absolute Gasteiger partial charge is 0.256 e. The maximum Gasteiger partial charge on any atom is 0.256 e. The molecule has 0 spiro atoms. The predicted molar refractivity (Wildman–Crippen MR) is 137 cm³/mol. The van der Waals surface area contributed by atoms with Crippen LogP contribution in [0.2, 0.25) is 5.02 Å². The van der Waals surface area contributed by atoms with E-state index in [-0.39, 0.29) is 23.8 Å². The third kappa shape index (κ3) is 5.02. The fraction of sp³-hybridized carbons (Fsp3) is 0.481. The number of rotatable bonds is 5. The number of halogens is 1. The summed E-state index contributed by atoms with van der Waals surface area (Å²) in [6.07, 6.45) is 5.08. The van der Waals surface area contributed by atoms with Crippen LogP contribution < -0.4 is 15.1 Å².